The van der Waals surface area contributed by atoms with Gasteiger partial charge in [-0.05, 0) is 117 Å². The molecule has 2 aromatic carbocycles. The van der Waals surface area contributed by atoms with Crippen molar-refractivity contribution in [1.82, 2.24) is 10.6 Å². The van der Waals surface area contributed by atoms with Gasteiger partial charge in [0.1, 0.15) is 12.4 Å². The second kappa shape index (κ2) is 10.9. The fraction of sp³-hybridized carbons (Fsp3) is 0.581. The Morgan fingerprint density at radius 1 is 1.00 bits per heavy atom. The third-order valence-electron chi connectivity index (χ3n) is 8.97. The maximum absolute atomic E-state index is 12.9. The minimum atomic E-state index is -0.00237. The van der Waals surface area contributed by atoms with Crippen molar-refractivity contribution in [3.05, 3.63) is 64.7 Å². The third kappa shape index (κ3) is 5.63. The fourth-order valence-electron chi connectivity index (χ4n) is 6.92. The number of rotatable bonds is 9. The Morgan fingerprint density at radius 3 is 2.69 bits per heavy atom. The van der Waals surface area contributed by atoms with Gasteiger partial charge in [0.05, 0.1) is 6.10 Å². The molecule has 6 rings (SSSR count). The topological polar surface area (TPSA) is 59.6 Å². The standard InChI is InChI=1S/C31H40N2O3/c34-31(23-8-11-28(12-9-23)36-20-29-2-1-15-35-29)33-27-10-7-24-16-21(3-5-25(24)19-27)13-14-32-30-18-22-4-6-26(30)17-22/h3,5,8-9,11-12,16,22,26-27,29-30,32H,1-2,4,6-7,10,13-15,17-20H2,(H,33,34)/t22-,26+,27-,29-,30-/m0/s1. The van der Waals surface area contributed by atoms with Crippen LogP contribution in [0.3, 0.4) is 0 Å². The normalized spacial score (nSPS) is 28.7. The summed E-state index contributed by atoms with van der Waals surface area (Å²) >= 11 is 0. The van der Waals surface area contributed by atoms with Crippen LogP contribution in [0.5, 0.6) is 5.75 Å². The Morgan fingerprint density at radius 2 is 1.92 bits per heavy atom. The van der Waals surface area contributed by atoms with E-state index >= 15 is 0 Å². The van der Waals surface area contributed by atoms with Crippen molar-refractivity contribution in [2.75, 3.05) is 19.8 Å². The molecule has 5 atom stereocenters. The Bertz CT molecular complexity index is 1050. The first-order valence-corrected chi connectivity index (χ1v) is 14.2. The van der Waals surface area contributed by atoms with Crippen molar-refractivity contribution in [3.63, 3.8) is 0 Å². The van der Waals surface area contributed by atoms with Gasteiger partial charge in [-0.3, -0.25) is 4.79 Å². The molecule has 2 aromatic rings. The van der Waals surface area contributed by atoms with Gasteiger partial charge in [0.2, 0.25) is 0 Å². The summed E-state index contributed by atoms with van der Waals surface area (Å²) in [6.45, 7) is 2.49. The van der Waals surface area contributed by atoms with Crippen LogP contribution in [0.4, 0.5) is 0 Å². The highest BCUT2D eigenvalue weighted by Gasteiger charge is 2.38. The lowest BCUT2D eigenvalue weighted by Gasteiger charge is -2.26. The number of fused-ring (bicyclic) bond motifs is 3. The fourth-order valence-corrected chi connectivity index (χ4v) is 6.92. The number of carbonyl (C=O) groups excluding carboxylic acids is 1. The highest BCUT2D eigenvalue weighted by Crippen LogP contribution is 2.44. The molecule has 192 valence electrons. The van der Waals surface area contributed by atoms with Gasteiger partial charge in [-0.1, -0.05) is 24.6 Å². The highest BCUT2D eigenvalue weighted by atomic mass is 16.5. The number of ether oxygens (including phenoxy) is 2. The molecule has 1 heterocycles. The zero-order valence-electron chi connectivity index (χ0n) is 21.3. The molecule has 0 spiro atoms. The van der Waals surface area contributed by atoms with Crippen molar-refractivity contribution < 1.29 is 14.3 Å². The van der Waals surface area contributed by atoms with Gasteiger partial charge in [-0.2, -0.15) is 0 Å². The minimum Gasteiger partial charge on any atom is -0.491 e. The second-order valence-corrected chi connectivity index (χ2v) is 11.5. The number of amides is 1. The highest BCUT2D eigenvalue weighted by molar-refractivity contribution is 5.94. The minimum absolute atomic E-state index is 0.00237. The molecule has 3 aliphatic carbocycles. The van der Waals surface area contributed by atoms with Gasteiger partial charge in [0, 0.05) is 24.3 Å². The number of carbonyl (C=O) groups is 1. The average Bonchev–Trinajstić information content (AvgIpc) is 3.67. The SMILES string of the molecule is O=C(N[C@H]1CCc2cc(CCN[C@H]3C[C@H]4CC[C@@H]3C4)ccc2C1)c1ccc(OC[C@@H]2CCCO2)cc1. The second-order valence-electron chi connectivity index (χ2n) is 11.5. The zero-order valence-corrected chi connectivity index (χ0v) is 21.3. The summed E-state index contributed by atoms with van der Waals surface area (Å²) in [5.74, 6) is 2.72. The maximum atomic E-state index is 12.9. The Kier molecular flexibility index (Phi) is 7.29. The largest absolute Gasteiger partial charge is 0.491 e. The molecule has 0 aromatic heterocycles. The molecule has 1 saturated heterocycles. The first-order valence-electron chi connectivity index (χ1n) is 14.2. The molecule has 0 radical (unpaired) electrons. The molecule has 2 saturated carbocycles. The molecule has 2 N–H and O–H groups in total. The van der Waals surface area contributed by atoms with Crippen molar-refractivity contribution >= 4 is 5.91 Å². The van der Waals surface area contributed by atoms with Crippen molar-refractivity contribution in [1.29, 1.82) is 0 Å². The molecule has 4 aliphatic rings. The van der Waals surface area contributed by atoms with E-state index < -0.39 is 0 Å². The number of hydrogen-bond donors (Lipinski definition) is 2. The quantitative estimate of drug-likeness (QED) is 0.530. The summed E-state index contributed by atoms with van der Waals surface area (Å²) in [4.78, 5) is 12.9. The molecule has 1 amide bonds. The lowest BCUT2D eigenvalue weighted by Crippen LogP contribution is -2.38. The number of hydrogen-bond acceptors (Lipinski definition) is 4. The zero-order chi connectivity index (χ0) is 24.3. The van der Waals surface area contributed by atoms with Gasteiger partial charge >= 0.3 is 0 Å². The molecule has 2 bridgehead atoms. The van der Waals surface area contributed by atoms with E-state index in [1.54, 1.807) is 0 Å². The Hall–Kier alpha value is -2.37. The van der Waals surface area contributed by atoms with Crippen LogP contribution in [-0.2, 0) is 24.0 Å². The van der Waals surface area contributed by atoms with Crippen LogP contribution in [-0.4, -0.2) is 43.9 Å². The predicted molar refractivity (Wildman–Crippen MR) is 142 cm³/mol. The van der Waals surface area contributed by atoms with Crippen molar-refractivity contribution in [2.24, 2.45) is 11.8 Å². The van der Waals surface area contributed by atoms with Crippen molar-refractivity contribution in [2.45, 2.75) is 82.4 Å². The molecule has 5 heteroatoms. The molecule has 5 nitrogen and oxygen atoms in total. The molecular formula is C31H40N2O3. The van der Waals surface area contributed by atoms with Crippen molar-refractivity contribution in [3.8, 4) is 5.75 Å². The summed E-state index contributed by atoms with van der Waals surface area (Å²) in [5.41, 5.74) is 4.97. The number of benzene rings is 2. The maximum Gasteiger partial charge on any atom is 0.251 e. The van der Waals surface area contributed by atoms with Crippen LogP contribution in [0.1, 0.15) is 72.0 Å². The van der Waals surface area contributed by atoms with E-state index in [9.17, 15) is 4.79 Å². The smallest absolute Gasteiger partial charge is 0.251 e. The third-order valence-corrected chi connectivity index (χ3v) is 8.97. The molecule has 3 fully saturated rings. The van der Waals surface area contributed by atoms with Gasteiger partial charge in [-0.15, -0.1) is 0 Å². The molecule has 1 aliphatic heterocycles. The monoisotopic (exact) mass is 488 g/mol. The summed E-state index contributed by atoms with van der Waals surface area (Å²) in [6.07, 6.45) is 12.2. The summed E-state index contributed by atoms with van der Waals surface area (Å²) in [5, 5.41) is 7.10. The van der Waals surface area contributed by atoms with Crippen LogP contribution in [0.2, 0.25) is 0 Å². The van der Waals surface area contributed by atoms with Crippen LogP contribution in [0.15, 0.2) is 42.5 Å². The molecular weight excluding hydrogens is 448 g/mol. The van der Waals surface area contributed by atoms with Gasteiger partial charge in [0.15, 0.2) is 0 Å². The number of nitrogens with one attached hydrogen (secondary N) is 2. The molecule has 36 heavy (non-hydrogen) atoms. The van der Waals surface area contributed by atoms with Crippen LogP contribution in [0, 0.1) is 11.8 Å². The van der Waals surface area contributed by atoms with Crippen LogP contribution in [0.25, 0.3) is 0 Å². The summed E-state index contributed by atoms with van der Waals surface area (Å²) in [7, 11) is 0. The average molecular weight is 489 g/mol. The summed E-state index contributed by atoms with van der Waals surface area (Å²) < 4.78 is 11.4. The molecule has 0 unspecified atom stereocenters. The van der Waals surface area contributed by atoms with Crippen LogP contribution >= 0.6 is 0 Å². The Balaban J connectivity index is 0.960. The van der Waals surface area contributed by atoms with E-state index in [-0.39, 0.29) is 18.1 Å². The lowest BCUT2D eigenvalue weighted by atomic mass is 9.86. The van der Waals surface area contributed by atoms with E-state index in [0.29, 0.717) is 12.2 Å². The van der Waals surface area contributed by atoms with Gasteiger partial charge in [0.25, 0.3) is 5.91 Å². The van der Waals surface area contributed by atoms with E-state index in [0.717, 1.165) is 75.3 Å². The van der Waals surface area contributed by atoms with E-state index in [2.05, 4.69) is 28.8 Å². The van der Waals surface area contributed by atoms with Gasteiger partial charge in [-0.25, -0.2) is 0 Å². The van der Waals surface area contributed by atoms with Gasteiger partial charge < -0.3 is 20.1 Å². The van der Waals surface area contributed by atoms with E-state index in [4.69, 9.17) is 9.47 Å². The predicted octanol–water partition coefficient (Wildman–Crippen LogP) is 4.85. The number of aryl methyl sites for hydroxylation is 1. The van der Waals surface area contributed by atoms with E-state index in [1.165, 1.54) is 42.4 Å². The lowest BCUT2D eigenvalue weighted by molar-refractivity contribution is 0.0679. The summed E-state index contributed by atoms with van der Waals surface area (Å²) in [6, 6.07) is 15.4. The van der Waals surface area contributed by atoms with E-state index in [1.807, 2.05) is 24.3 Å². The first-order chi connectivity index (χ1) is 17.7. The first kappa shape index (κ1) is 24.0. The Labute approximate surface area is 215 Å². The van der Waals surface area contributed by atoms with Crippen LogP contribution < -0.4 is 15.4 Å².